The second-order valence-corrected chi connectivity index (χ2v) is 7.32. The maximum Gasteiger partial charge on any atom is 0.389 e. The topological polar surface area (TPSA) is 0 Å². The van der Waals surface area contributed by atoms with E-state index in [-0.39, 0.29) is 6.42 Å². The first-order chi connectivity index (χ1) is 8.67. The van der Waals surface area contributed by atoms with Crippen molar-refractivity contribution in [2.45, 2.75) is 74.7 Å². The predicted octanol–water partition coefficient (Wildman–Crippen LogP) is 7.07. The van der Waals surface area contributed by atoms with E-state index < -0.39 is 22.3 Å². The van der Waals surface area contributed by atoms with Crippen molar-refractivity contribution in [2.75, 3.05) is 0 Å². The van der Waals surface area contributed by atoms with E-state index >= 15 is 0 Å². The summed E-state index contributed by atoms with van der Waals surface area (Å²) in [5.74, 6) is -0.523. The van der Waals surface area contributed by atoms with Crippen LogP contribution in [-0.4, -0.2) is 9.97 Å². The van der Waals surface area contributed by atoms with Gasteiger partial charge in [0.1, 0.15) is 0 Å². The summed E-state index contributed by atoms with van der Waals surface area (Å²) in [6, 6.07) is 0. The average molecular weight is 342 g/mol. The van der Waals surface area contributed by atoms with Gasteiger partial charge in [0, 0.05) is 12.3 Å². The third-order valence-electron chi connectivity index (χ3n) is 3.15. The molecule has 0 bridgehead atoms. The van der Waals surface area contributed by atoms with E-state index in [0.29, 0.717) is 6.42 Å². The predicted molar refractivity (Wildman–Crippen MR) is 77.1 cm³/mol. The monoisotopic (exact) mass is 340 g/mol. The van der Waals surface area contributed by atoms with Gasteiger partial charge in [0.05, 0.1) is 0 Å². The fraction of sp³-hybridized carbons (Fsp3) is 1.00. The fourth-order valence-corrected chi connectivity index (χ4v) is 2.64. The van der Waals surface area contributed by atoms with Crippen molar-refractivity contribution in [3.63, 3.8) is 0 Å². The van der Waals surface area contributed by atoms with Gasteiger partial charge in [0.2, 0.25) is 0 Å². The molecule has 0 fully saturated rings. The average Bonchev–Trinajstić information content (AvgIpc) is 2.23. The van der Waals surface area contributed by atoms with Crippen molar-refractivity contribution in [3.05, 3.63) is 0 Å². The molecule has 0 radical (unpaired) electrons. The highest BCUT2D eigenvalue weighted by atomic mass is 35.6. The molecular weight excluding hydrogens is 319 g/mol. The molecule has 1 atom stereocenters. The smallest absolute Gasteiger partial charge is 0.171 e. The lowest BCUT2D eigenvalue weighted by molar-refractivity contribution is -0.137. The molecule has 19 heavy (non-hydrogen) atoms. The first kappa shape index (κ1) is 19.7. The normalized spacial score (nSPS) is 14.7. The summed E-state index contributed by atoms with van der Waals surface area (Å²) in [6.45, 7) is 2.13. The van der Waals surface area contributed by atoms with E-state index in [1.165, 1.54) is 12.8 Å². The zero-order chi connectivity index (χ0) is 14.9. The Morgan fingerprint density at radius 1 is 0.842 bits per heavy atom. The van der Waals surface area contributed by atoms with Crippen LogP contribution in [0.3, 0.4) is 0 Å². The molecule has 0 rings (SSSR count). The Morgan fingerprint density at radius 3 is 1.84 bits per heavy atom. The molecule has 0 amide bonds. The lowest BCUT2D eigenvalue weighted by atomic mass is 9.96. The fourth-order valence-electron chi connectivity index (χ4n) is 1.98. The highest BCUT2D eigenvalue weighted by Gasteiger charge is 2.36. The minimum Gasteiger partial charge on any atom is -0.171 e. The van der Waals surface area contributed by atoms with Gasteiger partial charge in [-0.3, -0.25) is 0 Å². The van der Waals surface area contributed by atoms with Gasteiger partial charge < -0.3 is 0 Å². The summed E-state index contributed by atoms with van der Waals surface area (Å²) in [4.78, 5) is 0. The molecule has 6 heteroatoms. The number of hydrogen-bond acceptors (Lipinski definition) is 0. The SMILES string of the molecule is CCCCCCCCC(CCC(F)(F)F)C(Cl)(Cl)Cl. The van der Waals surface area contributed by atoms with Crippen LogP contribution in [0.2, 0.25) is 0 Å². The van der Waals surface area contributed by atoms with E-state index in [2.05, 4.69) is 6.92 Å². The molecule has 0 aromatic carbocycles. The number of hydrogen-bond donors (Lipinski definition) is 0. The molecule has 0 nitrogen and oxygen atoms in total. The minimum absolute atomic E-state index is 0.116. The molecule has 0 heterocycles. The highest BCUT2D eigenvalue weighted by Crippen LogP contribution is 2.42. The molecule has 0 N–H and O–H groups in total. The Kier molecular flexibility index (Phi) is 9.90. The third kappa shape index (κ3) is 12.1. The maximum absolute atomic E-state index is 12.2. The first-order valence-corrected chi connectivity index (χ1v) is 7.93. The largest absolute Gasteiger partial charge is 0.389 e. The van der Waals surface area contributed by atoms with Crippen molar-refractivity contribution >= 4 is 34.8 Å². The van der Waals surface area contributed by atoms with Gasteiger partial charge in [0.25, 0.3) is 0 Å². The number of alkyl halides is 6. The lowest BCUT2D eigenvalue weighted by Gasteiger charge is -2.24. The highest BCUT2D eigenvalue weighted by molar-refractivity contribution is 6.67. The molecule has 0 aliphatic rings. The van der Waals surface area contributed by atoms with E-state index in [0.717, 1.165) is 25.7 Å². The van der Waals surface area contributed by atoms with Crippen LogP contribution in [0.25, 0.3) is 0 Å². The number of halogens is 6. The van der Waals surface area contributed by atoms with E-state index in [1.54, 1.807) is 0 Å². The molecule has 116 valence electrons. The zero-order valence-corrected chi connectivity index (χ0v) is 13.5. The van der Waals surface area contributed by atoms with E-state index in [1.807, 2.05) is 0 Å². The summed E-state index contributed by atoms with van der Waals surface area (Å²) in [5.41, 5.74) is 0. The van der Waals surface area contributed by atoms with Crippen molar-refractivity contribution in [3.8, 4) is 0 Å². The maximum atomic E-state index is 12.2. The summed E-state index contributed by atoms with van der Waals surface area (Å²) < 4.78 is 35.0. The van der Waals surface area contributed by atoms with Gasteiger partial charge in [-0.15, -0.1) is 0 Å². The lowest BCUT2D eigenvalue weighted by Crippen LogP contribution is -2.22. The first-order valence-electron chi connectivity index (χ1n) is 6.80. The summed E-state index contributed by atoms with van der Waals surface area (Å²) in [7, 11) is 0. The van der Waals surface area contributed by atoms with Gasteiger partial charge in [0.15, 0.2) is 3.79 Å². The van der Waals surface area contributed by atoms with Crippen LogP contribution in [0.15, 0.2) is 0 Å². The van der Waals surface area contributed by atoms with Crippen LogP contribution in [0.1, 0.15) is 64.7 Å². The van der Waals surface area contributed by atoms with Crippen LogP contribution >= 0.6 is 34.8 Å². The second kappa shape index (κ2) is 9.57. The Bertz CT molecular complexity index is 224. The Labute approximate surface area is 129 Å². The van der Waals surface area contributed by atoms with Crippen LogP contribution in [0, 0.1) is 5.92 Å². The van der Waals surface area contributed by atoms with Crippen LogP contribution in [0.5, 0.6) is 0 Å². The van der Waals surface area contributed by atoms with Crippen LogP contribution in [-0.2, 0) is 0 Å². The quantitative estimate of drug-likeness (QED) is 0.311. The van der Waals surface area contributed by atoms with Crippen molar-refractivity contribution in [1.29, 1.82) is 0 Å². The van der Waals surface area contributed by atoms with Crippen molar-refractivity contribution in [1.82, 2.24) is 0 Å². The molecule has 1 unspecified atom stereocenters. The van der Waals surface area contributed by atoms with E-state index in [9.17, 15) is 13.2 Å². The number of unbranched alkanes of at least 4 members (excludes halogenated alkanes) is 5. The van der Waals surface area contributed by atoms with Gasteiger partial charge in [-0.1, -0.05) is 80.3 Å². The van der Waals surface area contributed by atoms with Gasteiger partial charge >= 0.3 is 6.18 Å². The zero-order valence-electron chi connectivity index (χ0n) is 11.2. The standard InChI is InChI=1S/C13H22Cl3F3/c1-2-3-4-5-6-7-8-11(13(14,15)16)9-10-12(17,18)19/h11H,2-10H2,1H3. The van der Waals surface area contributed by atoms with Crippen molar-refractivity contribution < 1.29 is 13.2 Å². The second-order valence-electron chi connectivity index (χ2n) is 4.95. The summed E-state index contributed by atoms with van der Waals surface area (Å²) in [5, 5.41) is 0. The Hall–Kier alpha value is 0.660. The summed E-state index contributed by atoms with van der Waals surface area (Å²) in [6.07, 6.45) is 1.79. The summed E-state index contributed by atoms with van der Waals surface area (Å²) >= 11 is 17.3. The Morgan fingerprint density at radius 2 is 1.37 bits per heavy atom. The molecule has 0 aromatic rings. The molecule has 0 spiro atoms. The van der Waals surface area contributed by atoms with Crippen LogP contribution < -0.4 is 0 Å². The van der Waals surface area contributed by atoms with Crippen LogP contribution in [0.4, 0.5) is 13.2 Å². The molecular formula is C13H22Cl3F3. The molecule has 0 aliphatic carbocycles. The van der Waals surface area contributed by atoms with Gasteiger partial charge in [-0.2, -0.15) is 13.2 Å². The third-order valence-corrected chi connectivity index (χ3v) is 4.07. The molecule has 0 saturated heterocycles. The van der Waals surface area contributed by atoms with Crippen molar-refractivity contribution in [2.24, 2.45) is 5.92 Å². The molecule has 0 saturated carbocycles. The van der Waals surface area contributed by atoms with Gasteiger partial charge in [-0.25, -0.2) is 0 Å². The Balaban J connectivity index is 3.95. The molecule has 0 aliphatic heterocycles. The minimum atomic E-state index is -4.19. The molecule has 0 aromatic heterocycles. The van der Waals surface area contributed by atoms with E-state index in [4.69, 9.17) is 34.8 Å². The number of rotatable bonds is 9. The van der Waals surface area contributed by atoms with Gasteiger partial charge in [-0.05, 0) is 12.8 Å².